The average Bonchev–Trinajstić information content (AvgIpc) is 2.99. The van der Waals surface area contributed by atoms with E-state index in [9.17, 15) is 9.59 Å². The molecule has 1 atom stereocenters. The lowest BCUT2D eigenvalue weighted by Gasteiger charge is -2.42. The summed E-state index contributed by atoms with van der Waals surface area (Å²) in [7, 11) is 0. The van der Waals surface area contributed by atoms with Crippen LogP contribution in [0, 0.1) is 27.7 Å². The van der Waals surface area contributed by atoms with Crippen LogP contribution in [0.2, 0.25) is 0 Å². The molecule has 0 N–H and O–H groups in total. The van der Waals surface area contributed by atoms with Crippen LogP contribution in [-0.2, 0) is 4.74 Å². The number of benzene rings is 1. The minimum absolute atomic E-state index is 0.110. The highest BCUT2D eigenvalue weighted by Gasteiger charge is 2.38. The molecule has 1 aromatic carbocycles. The monoisotopic (exact) mass is 384 g/mol. The molecule has 0 spiro atoms. The van der Waals surface area contributed by atoms with Crippen molar-refractivity contribution in [1.29, 1.82) is 0 Å². The summed E-state index contributed by atoms with van der Waals surface area (Å²) in [6, 6.07) is 5.56. The van der Waals surface area contributed by atoms with Gasteiger partial charge in [-0.3, -0.25) is 9.69 Å². The van der Waals surface area contributed by atoms with Gasteiger partial charge in [-0.15, -0.1) is 0 Å². The molecule has 28 heavy (non-hydrogen) atoms. The van der Waals surface area contributed by atoms with E-state index in [-0.39, 0.29) is 18.0 Å². The van der Waals surface area contributed by atoms with Gasteiger partial charge < -0.3 is 14.1 Å². The summed E-state index contributed by atoms with van der Waals surface area (Å²) in [5, 5.41) is 0. The SMILES string of the molecule is CCOC(=O)N1c2cc(C)c(C)cc2N(C(=O)c2cc(C)oc2C)CC1CC. The standard InChI is InChI=1S/C22H28N2O4/c1-7-17-12-23(21(25)18-11-15(5)28-16(18)6)19-9-13(3)14(4)10-20(19)24(17)22(26)27-8-2/h9-11,17H,7-8,12H2,1-6H3. The minimum Gasteiger partial charge on any atom is -0.466 e. The van der Waals surface area contributed by atoms with E-state index >= 15 is 0 Å². The van der Waals surface area contributed by atoms with Crippen LogP contribution in [0.3, 0.4) is 0 Å². The maximum atomic E-state index is 13.4. The molecule has 2 aromatic rings. The first kappa shape index (κ1) is 20.0. The molecular weight excluding hydrogens is 356 g/mol. The van der Waals surface area contributed by atoms with Crippen molar-refractivity contribution in [1.82, 2.24) is 0 Å². The van der Waals surface area contributed by atoms with Crippen LogP contribution in [0.1, 0.15) is 53.3 Å². The number of ether oxygens (including phenoxy) is 1. The molecule has 6 nitrogen and oxygen atoms in total. The third-order valence-electron chi connectivity index (χ3n) is 5.35. The molecule has 2 amide bonds. The highest BCUT2D eigenvalue weighted by atomic mass is 16.6. The van der Waals surface area contributed by atoms with Crippen LogP contribution >= 0.6 is 0 Å². The molecule has 0 bridgehead atoms. The number of carbonyl (C=O) groups excluding carboxylic acids is 2. The molecule has 150 valence electrons. The number of amides is 2. The Morgan fingerprint density at radius 3 is 2.25 bits per heavy atom. The van der Waals surface area contributed by atoms with Crippen molar-refractivity contribution in [3.05, 3.63) is 46.4 Å². The van der Waals surface area contributed by atoms with Gasteiger partial charge in [0.2, 0.25) is 0 Å². The third-order valence-corrected chi connectivity index (χ3v) is 5.35. The van der Waals surface area contributed by atoms with E-state index in [1.807, 2.05) is 39.8 Å². The van der Waals surface area contributed by atoms with Crippen LogP contribution in [0.5, 0.6) is 0 Å². The number of carbonyl (C=O) groups is 2. The highest BCUT2D eigenvalue weighted by Crippen LogP contribution is 2.40. The molecule has 1 aromatic heterocycles. The maximum Gasteiger partial charge on any atom is 0.414 e. The Kier molecular flexibility index (Phi) is 5.49. The van der Waals surface area contributed by atoms with Crippen LogP contribution in [0.4, 0.5) is 16.2 Å². The first-order valence-corrected chi connectivity index (χ1v) is 9.74. The van der Waals surface area contributed by atoms with Crippen molar-refractivity contribution >= 4 is 23.4 Å². The molecule has 2 heterocycles. The summed E-state index contributed by atoms with van der Waals surface area (Å²) < 4.78 is 10.9. The summed E-state index contributed by atoms with van der Waals surface area (Å²) in [5.41, 5.74) is 4.12. The normalized spacial score (nSPS) is 16.1. The van der Waals surface area contributed by atoms with E-state index in [2.05, 4.69) is 0 Å². The number of fused-ring (bicyclic) bond motifs is 1. The highest BCUT2D eigenvalue weighted by molar-refractivity contribution is 6.11. The summed E-state index contributed by atoms with van der Waals surface area (Å²) >= 11 is 0. The minimum atomic E-state index is -0.374. The lowest BCUT2D eigenvalue weighted by molar-refractivity contribution is 0.0980. The van der Waals surface area contributed by atoms with Gasteiger partial charge in [0.25, 0.3) is 5.91 Å². The zero-order valence-corrected chi connectivity index (χ0v) is 17.5. The zero-order chi connectivity index (χ0) is 20.6. The molecule has 6 heteroatoms. The van der Waals surface area contributed by atoms with E-state index in [1.165, 1.54) is 0 Å². The Hall–Kier alpha value is -2.76. The fraction of sp³-hybridized carbons (Fsp3) is 0.455. The van der Waals surface area contributed by atoms with Gasteiger partial charge in [0.05, 0.1) is 29.6 Å². The van der Waals surface area contributed by atoms with Gasteiger partial charge >= 0.3 is 6.09 Å². The van der Waals surface area contributed by atoms with Crippen LogP contribution in [0.15, 0.2) is 22.6 Å². The zero-order valence-electron chi connectivity index (χ0n) is 17.5. The summed E-state index contributed by atoms with van der Waals surface area (Å²) in [5.74, 6) is 1.20. The Bertz CT molecular complexity index is 916. The number of anilines is 2. The van der Waals surface area contributed by atoms with E-state index in [4.69, 9.17) is 9.15 Å². The fourth-order valence-electron chi connectivity index (χ4n) is 3.72. The first-order chi connectivity index (χ1) is 13.3. The van der Waals surface area contributed by atoms with E-state index < -0.39 is 0 Å². The lowest BCUT2D eigenvalue weighted by Crippen LogP contribution is -2.53. The second-order valence-corrected chi connectivity index (χ2v) is 7.30. The molecular formula is C22H28N2O4. The van der Waals surface area contributed by atoms with Gasteiger partial charge in [-0.2, -0.15) is 0 Å². The lowest BCUT2D eigenvalue weighted by atomic mass is 9.99. The van der Waals surface area contributed by atoms with Gasteiger partial charge in [0.1, 0.15) is 11.5 Å². The number of rotatable bonds is 3. The van der Waals surface area contributed by atoms with Gasteiger partial charge in [-0.1, -0.05) is 6.92 Å². The van der Waals surface area contributed by atoms with Crippen LogP contribution in [0.25, 0.3) is 0 Å². The number of furan rings is 1. The number of aryl methyl sites for hydroxylation is 4. The van der Waals surface area contributed by atoms with Gasteiger partial charge in [0.15, 0.2) is 0 Å². The van der Waals surface area contributed by atoms with E-state index in [0.29, 0.717) is 42.3 Å². The average molecular weight is 384 g/mol. The Balaban J connectivity index is 2.14. The quantitative estimate of drug-likeness (QED) is 0.754. The smallest absolute Gasteiger partial charge is 0.414 e. The van der Waals surface area contributed by atoms with Crippen molar-refractivity contribution < 1.29 is 18.7 Å². The molecule has 1 aliphatic rings. The van der Waals surface area contributed by atoms with Gasteiger partial charge in [-0.25, -0.2) is 4.79 Å². The van der Waals surface area contributed by atoms with Crippen molar-refractivity contribution in [3.8, 4) is 0 Å². The van der Waals surface area contributed by atoms with Crippen molar-refractivity contribution in [2.75, 3.05) is 23.0 Å². The molecule has 3 rings (SSSR count). The topological polar surface area (TPSA) is 63.0 Å². The third kappa shape index (κ3) is 3.39. The number of hydrogen-bond donors (Lipinski definition) is 0. The van der Waals surface area contributed by atoms with Gasteiger partial charge in [-0.05, 0) is 70.4 Å². The van der Waals surface area contributed by atoms with Crippen molar-refractivity contribution in [2.45, 2.75) is 54.0 Å². The maximum absolute atomic E-state index is 13.4. The number of hydrogen-bond acceptors (Lipinski definition) is 4. The van der Waals surface area contributed by atoms with E-state index in [0.717, 1.165) is 16.8 Å². The predicted octanol–water partition coefficient (Wildman–Crippen LogP) is 4.92. The molecule has 0 saturated carbocycles. The number of nitrogens with zero attached hydrogens (tertiary/aromatic N) is 2. The molecule has 1 unspecified atom stereocenters. The summed E-state index contributed by atoms with van der Waals surface area (Å²) in [4.78, 5) is 29.6. The molecule has 0 radical (unpaired) electrons. The summed E-state index contributed by atoms with van der Waals surface area (Å²) in [6.07, 6.45) is 0.333. The van der Waals surface area contributed by atoms with Crippen molar-refractivity contribution in [2.24, 2.45) is 0 Å². The molecule has 0 fully saturated rings. The first-order valence-electron chi connectivity index (χ1n) is 9.74. The Morgan fingerprint density at radius 1 is 1.07 bits per heavy atom. The van der Waals surface area contributed by atoms with E-state index in [1.54, 1.807) is 29.7 Å². The fourth-order valence-corrected chi connectivity index (χ4v) is 3.72. The van der Waals surface area contributed by atoms with Crippen LogP contribution < -0.4 is 9.80 Å². The molecule has 1 aliphatic heterocycles. The van der Waals surface area contributed by atoms with Crippen LogP contribution in [-0.4, -0.2) is 31.2 Å². The van der Waals surface area contributed by atoms with Gasteiger partial charge in [0, 0.05) is 6.54 Å². The largest absolute Gasteiger partial charge is 0.466 e. The Morgan fingerprint density at radius 2 is 1.71 bits per heavy atom. The summed E-state index contributed by atoms with van der Waals surface area (Å²) in [6.45, 7) is 12.2. The molecule has 0 aliphatic carbocycles. The second-order valence-electron chi connectivity index (χ2n) is 7.30. The van der Waals surface area contributed by atoms with Crippen molar-refractivity contribution in [3.63, 3.8) is 0 Å². The second kappa shape index (κ2) is 7.70. The predicted molar refractivity (Wildman–Crippen MR) is 109 cm³/mol. The molecule has 0 saturated heterocycles. The Labute approximate surface area is 166 Å².